The van der Waals surface area contributed by atoms with Gasteiger partial charge < -0.3 is 19.5 Å². The summed E-state index contributed by atoms with van der Waals surface area (Å²) in [7, 11) is 1.87. The SMILES string of the molecule is Cc1ccc(NC(=O)C[NH+](C)CC(=O)N2CCC(c3nc4ccccc4o3)CC2)cc1. The molecule has 0 radical (unpaired) electrons. The van der Waals surface area contributed by atoms with Crippen LogP contribution in [0, 0.1) is 6.92 Å². The number of hydrogen-bond donors (Lipinski definition) is 2. The number of benzene rings is 2. The van der Waals surface area contributed by atoms with Crippen molar-refractivity contribution in [2.24, 2.45) is 0 Å². The maximum absolute atomic E-state index is 12.7. The minimum atomic E-state index is -0.0937. The average molecular weight is 422 g/mol. The summed E-state index contributed by atoms with van der Waals surface area (Å²) in [6.07, 6.45) is 1.68. The number of likely N-dealkylation sites (tertiary alicyclic amines) is 1. The van der Waals surface area contributed by atoms with Crippen LogP contribution < -0.4 is 10.2 Å². The molecule has 7 nitrogen and oxygen atoms in total. The third kappa shape index (κ3) is 5.30. The molecule has 3 aromatic rings. The van der Waals surface area contributed by atoms with Crippen LogP contribution in [0.1, 0.15) is 30.2 Å². The molecule has 1 unspecified atom stereocenters. The second kappa shape index (κ2) is 9.31. The van der Waals surface area contributed by atoms with Crippen LogP contribution in [0.5, 0.6) is 0 Å². The fourth-order valence-electron chi connectivity index (χ4n) is 3.99. The number of carbonyl (C=O) groups excluding carboxylic acids is 2. The maximum Gasteiger partial charge on any atom is 0.279 e. The Hall–Kier alpha value is -3.19. The van der Waals surface area contributed by atoms with E-state index >= 15 is 0 Å². The van der Waals surface area contributed by atoms with Crippen LogP contribution in [-0.2, 0) is 9.59 Å². The largest absolute Gasteiger partial charge is 0.440 e. The molecule has 2 heterocycles. The lowest BCUT2D eigenvalue weighted by molar-refractivity contribution is -0.862. The predicted molar refractivity (Wildman–Crippen MR) is 119 cm³/mol. The van der Waals surface area contributed by atoms with E-state index in [1.807, 2.05) is 67.4 Å². The number of aryl methyl sites for hydroxylation is 1. The molecule has 1 fully saturated rings. The number of anilines is 1. The number of rotatable bonds is 6. The second-order valence-corrected chi connectivity index (χ2v) is 8.40. The number of oxazole rings is 1. The number of para-hydroxylation sites is 2. The average Bonchev–Trinajstić information content (AvgIpc) is 3.19. The van der Waals surface area contributed by atoms with Crippen LogP contribution in [0.2, 0.25) is 0 Å². The Kier molecular flexibility index (Phi) is 6.32. The lowest BCUT2D eigenvalue weighted by Gasteiger charge is -2.31. The number of hydrogen-bond acceptors (Lipinski definition) is 4. The fraction of sp³-hybridized carbons (Fsp3) is 0.375. The molecule has 7 heteroatoms. The van der Waals surface area contributed by atoms with Gasteiger partial charge in [-0.25, -0.2) is 4.98 Å². The highest BCUT2D eigenvalue weighted by Gasteiger charge is 2.28. The van der Waals surface area contributed by atoms with Gasteiger partial charge >= 0.3 is 0 Å². The van der Waals surface area contributed by atoms with Gasteiger partial charge in [0.25, 0.3) is 11.8 Å². The van der Waals surface area contributed by atoms with E-state index < -0.39 is 0 Å². The van der Waals surface area contributed by atoms with E-state index in [9.17, 15) is 9.59 Å². The number of aromatic nitrogens is 1. The summed E-state index contributed by atoms with van der Waals surface area (Å²) < 4.78 is 5.90. The number of carbonyl (C=O) groups is 2. The molecule has 1 atom stereocenters. The van der Waals surface area contributed by atoms with Gasteiger partial charge in [-0.3, -0.25) is 9.59 Å². The summed E-state index contributed by atoms with van der Waals surface area (Å²) in [5, 5.41) is 2.89. The molecule has 0 spiro atoms. The molecule has 31 heavy (non-hydrogen) atoms. The number of quaternary nitrogens is 1. The molecule has 4 rings (SSSR count). The van der Waals surface area contributed by atoms with Gasteiger partial charge in [0.15, 0.2) is 24.6 Å². The molecule has 162 valence electrons. The minimum absolute atomic E-state index is 0.0802. The van der Waals surface area contributed by atoms with E-state index in [1.165, 1.54) is 0 Å². The molecule has 0 saturated carbocycles. The third-order valence-corrected chi connectivity index (χ3v) is 5.76. The van der Waals surface area contributed by atoms with Gasteiger partial charge in [0.2, 0.25) is 0 Å². The van der Waals surface area contributed by atoms with E-state index in [2.05, 4.69) is 10.3 Å². The van der Waals surface area contributed by atoms with E-state index in [0.717, 1.165) is 46.0 Å². The van der Waals surface area contributed by atoms with Crippen LogP contribution in [0.15, 0.2) is 52.9 Å². The summed E-state index contributed by atoms with van der Waals surface area (Å²) in [5.41, 5.74) is 3.61. The molecule has 2 N–H and O–H groups in total. The van der Waals surface area contributed by atoms with E-state index in [0.29, 0.717) is 19.6 Å². The normalized spacial score (nSPS) is 15.7. The van der Waals surface area contributed by atoms with Crippen LogP contribution >= 0.6 is 0 Å². The van der Waals surface area contributed by atoms with Gasteiger partial charge in [-0.2, -0.15) is 0 Å². The van der Waals surface area contributed by atoms with Crippen LogP contribution in [-0.4, -0.2) is 54.9 Å². The molecule has 0 aliphatic carbocycles. The Morgan fingerprint density at radius 3 is 2.52 bits per heavy atom. The van der Waals surface area contributed by atoms with Crippen LogP contribution in [0.25, 0.3) is 11.1 Å². The second-order valence-electron chi connectivity index (χ2n) is 8.40. The van der Waals surface area contributed by atoms with Crippen LogP contribution in [0.4, 0.5) is 5.69 Å². The number of fused-ring (bicyclic) bond motifs is 1. The summed E-state index contributed by atoms with van der Waals surface area (Å²) >= 11 is 0. The molecule has 0 bridgehead atoms. The first kappa shape index (κ1) is 21.1. The first-order valence-electron chi connectivity index (χ1n) is 10.8. The number of likely N-dealkylation sites (N-methyl/N-ethyl adjacent to an activating group) is 1. The number of nitrogens with one attached hydrogen (secondary N) is 2. The highest BCUT2D eigenvalue weighted by atomic mass is 16.3. The molecular weight excluding hydrogens is 392 g/mol. The molecule has 1 aliphatic heterocycles. The van der Waals surface area contributed by atoms with Gasteiger partial charge in [-0.05, 0) is 44.0 Å². The summed E-state index contributed by atoms with van der Waals surface area (Å²) in [6, 6.07) is 15.5. The van der Waals surface area contributed by atoms with Crippen molar-refractivity contribution in [3.8, 4) is 0 Å². The smallest absolute Gasteiger partial charge is 0.279 e. The Morgan fingerprint density at radius 1 is 1.10 bits per heavy atom. The Balaban J connectivity index is 1.23. The zero-order chi connectivity index (χ0) is 21.8. The number of amides is 2. The van der Waals surface area contributed by atoms with Gasteiger partial charge in [0.1, 0.15) is 5.52 Å². The summed E-state index contributed by atoms with van der Waals surface area (Å²) in [4.78, 5) is 32.3. The van der Waals surface area contributed by atoms with Crippen molar-refractivity contribution < 1.29 is 18.9 Å². The predicted octanol–water partition coefficient (Wildman–Crippen LogP) is 2.00. The highest BCUT2D eigenvalue weighted by Crippen LogP contribution is 2.29. The van der Waals surface area contributed by atoms with E-state index in [-0.39, 0.29) is 24.3 Å². The lowest BCUT2D eigenvalue weighted by Crippen LogP contribution is -3.11. The molecule has 1 aliphatic rings. The van der Waals surface area contributed by atoms with Crippen molar-refractivity contribution in [2.75, 3.05) is 38.5 Å². The topological polar surface area (TPSA) is 79.9 Å². The molecule has 1 saturated heterocycles. The maximum atomic E-state index is 12.7. The monoisotopic (exact) mass is 421 g/mol. The molecule has 2 aromatic carbocycles. The van der Waals surface area contributed by atoms with Crippen molar-refractivity contribution in [1.29, 1.82) is 0 Å². The first-order valence-corrected chi connectivity index (χ1v) is 10.8. The third-order valence-electron chi connectivity index (χ3n) is 5.76. The van der Waals surface area contributed by atoms with E-state index in [1.54, 1.807) is 0 Å². The van der Waals surface area contributed by atoms with Gasteiger partial charge in [0.05, 0.1) is 7.05 Å². The zero-order valence-corrected chi connectivity index (χ0v) is 18.1. The van der Waals surface area contributed by atoms with Gasteiger partial charge in [-0.1, -0.05) is 29.8 Å². The number of nitrogens with zero attached hydrogens (tertiary/aromatic N) is 2. The molecule has 1 aromatic heterocycles. The van der Waals surface area contributed by atoms with Crippen molar-refractivity contribution >= 4 is 28.6 Å². The van der Waals surface area contributed by atoms with E-state index in [4.69, 9.17) is 4.42 Å². The highest BCUT2D eigenvalue weighted by molar-refractivity contribution is 5.91. The Bertz CT molecular complexity index is 1020. The lowest BCUT2D eigenvalue weighted by atomic mass is 9.97. The minimum Gasteiger partial charge on any atom is -0.440 e. The molecular formula is C24H29N4O3+. The van der Waals surface area contributed by atoms with Crippen molar-refractivity contribution in [2.45, 2.75) is 25.7 Å². The van der Waals surface area contributed by atoms with Crippen LogP contribution in [0.3, 0.4) is 0 Å². The fourth-order valence-corrected chi connectivity index (χ4v) is 3.99. The Morgan fingerprint density at radius 2 is 1.81 bits per heavy atom. The van der Waals surface area contributed by atoms with Crippen molar-refractivity contribution in [3.63, 3.8) is 0 Å². The number of piperidine rings is 1. The van der Waals surface area contributed by atoms with Crippen molar-refractivity contribution in [1.82, 2.24) is 9.88 Å². The summed E-state index contributed by atoms with van der Waals surface area (Å²) in [5.74, 6) is 0.992. The quantitative estimate of drug-likeness (QED) is 0.638. The van der Waals surface area contributed by atoms with Gasteiger partial charge in [0, 0.05) is 24.7 Å². The standard InChI is InChI=1S/C24H28N4O3/c1-17-7-9-19(10-8-17)25-22(29)15-27(2)16-23(30)28-13-11-18(12-14-28)24-26-20-5-3-4-6-21(20)31-24/h3-10,18H,11-16H2,1-2H3,(H,25,29)/p+1. The summed E-state index contributed by atoms with van der Waals surface area (Å²) in [6.45, 7) is 3.93. The van der Waals surface area contributed by atoms with Gasteiger partial charge in [-0.15, -0.1) is 0 Å². The first-order chi connectivity index (χ1) is 15.0. The van der Waals surface area contributed by atoms with Crippen molar-refractivity contribution in [3.05, 3.63) is 60.0 Å². The Labute approximate surface area is 182 Å². The zero-order valence-electron chi connectivity index (χ0n) is 18.1. The molecule has 2 amide bonds.